The topological polar surface area (TPSA) is 23.8 Å². The molecule has 0 aliphatic heterocycles. The van der Waals surface area contributed by atoms with Crippen molar-refractivity contribution in [2.24, 2.45) is 0 Å². The van der Waals surface area contributed by atoms with Crippen LogP contribution < -0.4 is 0 Å². The molecule has 0 radical (unpaired) electrons. The lowest BCUT2D eigenvalue weighted by Crippen LogP contribution is -1.87. The highest BCUT2D eigenvalue weighted by Gasteiger charge is 2.05. The molecule has 0 aliphatic carbocycles. The zero-order valence-corrected chi connectivity index (χ0v) is 8.61. The quantitative estimate of drug-likeness (QED) is 0.667. The van der Waals surface area contributed by atoms with E-state index in [9.17, 15) is 0 Å². The van der Waals surface area contributed by atoms with Crippen LogP contribution in [0.1, 0.15) is 16.7 Å². The van der Waals surface area contributed by atoms with Gasteiger partial charge in [-0.3, -0.25) is 0 Å². The standard InChI is InChI=1S/C11H11NS/c1-4-10-9(7-12)5-8(2)6-11(10)13-3/h4-6H,1H2,2-3H3. The molecule has 0 saturated carbocycles. The molecule has 0 fully saturated rings. The van der Waals surface area contributed by atoms with Crippen molar-refractivity contribution in [3.63, 3.8) is 0 Å². The van der Waals surface area contributed by atoms with Crippen molar-refractivity contribution in [3.8, 4) is 6.07 Å². The van der Waals surface area contributed by atoms with Gasteiger partial charge in [0.05, 0.1) is 11.6 Å². The highest BCUT2D eigenvalue weighted by atomic mass is 32.2. The van der Waals surface area contributed by atoms with Crippen LogP contribution in [0.25, 0.3) is 6.08 Å². The second-order valence-electron chi connectivity index (χ2n) is 2.74. The number of aryl methyl sites for hydroxylation is 1. The predicted octanol–water partition coefficient (Wildman–Crippen LogP) is 3.23. The molecule has 66 valence electrons. The minimum Gasteiger partial charge on any atom is -0.192 e. The Morgan fingerprint density at radius 3 is 2.69 bits per heavy atom. The molecule has 1 aromatic carbocycles. The molecule has 0 heterocycles. The largest absolute Gasteiger partial charge is 0.192 e. The summed E-state index contributed by atoms with van der Waals surface area (Å²) < 4.78 is 0. The molecule has 1 nitrogen and oxygen atoms in total. The van der Waals surface area contributed by atoms with E-state index in [1.54, 1.807) is 17.8 Å². The normalized spacial score (nSPS) is 9.31. The van der Waals surface area contributed by atoms with Crippen molar-refractivity contribution in [1.82, 2.24) is 0 Å². The van der Waals surface area contributed by atoms with Crippen LogP contribution in [0.4, 0.5) is 0 Å². The smallest absolute Gasteiger partial charge is 0.0998 e. The number of benzene rings is 1. The van der Waals surface area contributed by atoms with Gasteiger partial charge in [-0.1, -0.05) is 12.7 Å². The van der Waals surface area contributed by atoms with Gasteiger partial charge in [0.2, 0.25) is 0 Å². The average Bonchev–Trinajstić information content (AvgIpc) is 2.16. The summed E-state index contributed by atoms with van der Waals surface area (Å²) in [5.41, 5.74) is 2.77. The molecule has 0 saturated heterocycles. The zero-order valence-electron chi connectivity index (χ0n) is 7.79. The van der Waals surface area contributed by atoms with E-state index in [-0.39, 0.29) is 0 Å². The highest BCUT2D eigenvalue weighted by Crippen LogP contribution is 2.25. The Labute approximate surface area is 83.1 Å². The molecular weight excluding hydrogens is 178 g/mol. The lowest BCUT2D eigenvalue weighted by atomic mass is 10.1. The van der Waals surface area contributed by atoms with E-state index in [0.717, 1.165) is 16.0 Å². The third-order valence-corrected chi connectivity index (χ3v) is 2.61. The molecule has 0 amide bonds. The summed E-state index contributed by atoms with van der Waals surface area (Å²) in [5.74, 6) is 0. The summed E-state index contributed by atoms with van der Waals surface area (Å²) in [6.07, 6.45) is 3.74. The van der Waals surface area contributed by atoms with E-state index in [1.165, 1.54) is 0 Å². The van der Waals surface area contributed by atoms with Gasteiger partial charge in [0.1, 0.15) is 0 Å². The van der Waals surface area contributed by atoms with Gasteiger partial charge in [0, 0.05) is 10.5 Å². The van der Waals surface area contributed by atoms with Crippen molar-refractivity contribution >= 4 is 17.8 Å². The van der Waals surface area contributed by atoms with Crippen LogP contribution in [0.3, 0.4) is 0 Å². The fourth-order valence-corrected chi connectivity index (χ4v) is 1.95. The molecule has 0 bridgehead atoms. The first-order valence-corrected chi connectivity index (χ1v) is 5.16. The summed E-state index contributed by atoms with van der Waals surface area (Å²) in [6, 6.07) is 6.14. The maximum atomic E-state index is 8.89. The third kappa shape index (κ3) is 1.93. The van der Waals surface area contributed by atoms with Gasteiger partial charge in [0.25, 0.3) is 0 Å². The van der Waals surface area contributed by atoms with E-state index in [0.29, 0.717) is 5.56 Å². The molecule has 13 heavy (non-hydrogen) atoms. The predicted molar refractivity (Wildman–Crippen MR) is 57.8 cm³/mol. The second-order valence-corrected chi connectivity index (χ2v) is 3.59. The van der Waals surface area contributed by atoms with Crippen molar-refractivity contribution in [3.05, 3.63) is 35.4 Å². The summed E-state index contributed by atoms with van der Waals surface area (Å²) in [4.78, 5) is 1.12. The molecule has 0 aliphatic rings. The molecule has 0 unspecified atom stereocenters. The van der Waals surface area contributed by atoms with Gasteiger partial charge in [0.15, 0.2) is 0 Å². The Kier molecular flexibility index (Phi) is 3.16. The Hall–Kier alpha value is -1.20. The Morgan fingerprint density at radius 2 is 2.23 bits per heavy atom. The first kappa shape index (κ1) is 9.88. The van der Waals surface area contributed by atoms with Gasteiger partial charge in [-0.15, -0.1) is 11.8 Å². The molecule has 1 rings (SSSR count). The van der Waals surface area contributed by atoms with Crippen LogP contribution in [0.2, 0.25) is 0 Å². The summed E-state index contributed by atoms with van der Waals surface area (Å²) in [5, 5.41) is 8.89. The maximum Gasteiger partial charge on any atom is 0.0998 e. The molecular formula is C11H11NS. The van der Waals surface area contributed by atoms with E-state index in [1.807, 2.05) is 19.2 Å². The number of nitrogens with zero attached hydrogens (tertiary/aromatic N) is 1. The van der Waals surface area contributed by atoms with Crippen LogP contribution in [0.15, 0.2) is 23.6 Å². The van der Waals surface area contributed by atoms with Gasteiger partial charge >= 0.3 is 0 Å². The molecule has 0 N–H and O–H groups in total. The number of hydrogen-bond acceptors (Lipinski definition) is 2. The van der Waals surface area contributed by atoms with Gasteiger partial charge in [-0.05, 0) is 30.9 Å². The van der Waals surface area contributed by atoms with Gasteiger partial charge in [-0.25, -0.2) is 0 Å². The maximum absolute atomic E-state index is 8.89. The summed E-state index contributed by atoms with van der Waals surface area (Å²) >= 11 is 1.64. The van der Waals surface area contributed by atoms with Crippen molar-refractivity contribution in [2.45, 2.75) is 11.8 Å². The van der Waals surface area contributed by atoms with Crippen LogP contribution in [-0.4, -0.2) is 6.26 Å². The third-order valence-electron chi connectivity index (χ3n) is 1.83. The number of rotatable bonds is 2. The average molecular weight is 189 g/mol. The monoisotopic (exact) mass is 189 g/mol. The first-order valence-electron chi connectivity index (χ1n) is 3.94. The lowest BCUT2D eigenvalue weighted by Gasteiger charge is -2.06. The highest BCUT2D eigenvalue weighted by molar-refractivity contribution is 7.98. The van der Waals surface area contributed by atoms with Crippen LogP contribution in [0.5, 0.6) is 0 Å². The van der Waals surface area contributed by atoms with Crippen LogP contribution in [0, 0.1) is 18.3 Å². The van der Waals surface area contributed by atoms with E-state index in [4.69, 9.17) is 5.26 Å². The van der Waals surface area contributed by atoms with Crippen molar-refractivity contribution in [2.75, 3.05) is 6.26 Å². The lowest BCUT2D eigenvalue weighted by molar-refractivity contribution is 1.31. The molecule has 1 aromatic rings. The minimum absolute atomic E-state index is 0.708. The van der Waals surface area contributed by atoms with Gasteiger partial charge in [-0.2, -0.15) is 5.26 Å². The minimum atomic E-state index is 0.708. The Morgan fingerprint density at radius 1 is 1.54 bits per heavy atom. The molecule has 0 spiro atoms. The van der Waals surface area contributed by atoms with E-state index in [2.05, 4.69) is 18.7 Å². The Bertz CT molecular complexity index is 374. The fraction of sp³-hybridized carbons (Fsp3) is 0.182. The molecule has 2 heteroatoms. The van der Waals surface area contributed by atoms with Crippen molar-refractivity contribution in [1.29, 1.82) is 5.26 Å². The zero-order chi connectivity index (χ0) is 9.84. The molecule has 0 atom stereocenters. The second kappa shape index (κ2) is 4.15. The van der Waals surface area contributed by atoms with Crippen LogP contribution >= 0.6 is 11.8 Å². The van der Waals surface area contributed by atoms with E-state index < -0.39 is 0 Å². The summed E-state index contributed by atoms with van der Waals surface area (Å²) in [7, 11) is 0. The number of hydrogen-bond donors (Lipinski definition) is 0. The van der Waals surface area contributed by atoms with Crippen LogP contribution in [-0.2, 0) is 0 Å². The van der Waals surface area contributed by atoms with Gasteiger partial charge < -0.3 is 0 Å². The number of thioether (sulfide) groups is 1. The first-order chi connectivity index (χ1) is 6.22. The number of nitriles is 1. The van der Waals surface area contributed by atoms with E-state index >= 15 is 0 Å². The van der Waals surface area contributed by atoms with Crippen molar-refractivity contribution < 1.29 is 0 Å². The Balaban J connectivity index is 3.44. The SMILES string of the molecule is C=Cc1c(C#N)cc(C)cc1SC. The fourth-order valence-electron chi connectivity index (χ4n) is 1.24. The summed E-state index contributed by atoms with van der Waals surface area (Å²) in [6.45, 7) is 5.71. The molecule has 0 aromatic heterocycles.